The fraction of sp³-hybridized carbons (Fsp3) is 0.200. The van der Waals surface area contributed by atoms with Gasteiger partial charge in [0.15, 0.2) is 0 Å². The lowest BCUT2D eigenvalue weighted by Gasteiger charge is -2.10. The molecule has 9 heteroatoms. The first-order chi connectivity index (χ1) is 11.3. The van der Waals surface area contributed by atoms with E-state index in [-0.39, 0.29) is 16.3 Å². The molecule has 2 aromatic rings. The van der Waals surface area contributed by atoms with Gasteiger partial charge in [-0.1, -0.05) is 18.2 Å². The van der Waals surface area contributed by atoms with Crippen LogP contribution in [-0.2, 0) is 26.6 Å². The van der Waals surface area contributed by atoms with E-state index >= 15 is 0 Å². The van der Waals surface area contributed by atoms with Crippen molar-refractivity contribution in [2.75, 3.05) is 14.2 Å². The van der Waals surface area contributed by atoms with Crippen molar-refractivity contribution in [3.05, 3.63) is 54.1 Å². The predicted molar refractivity (Wildman–Crippen MR) is 89.7 cm³/mol. The van der Waals surface area contributed by atoms with Gasteiger partial charge in [0.1, 0.15) is 5.75 Å². The Bertz CT molecular complexity index is 907. The van der Waals surface area contributed by atoms with E-state index in [9.17, 15) is 16.8 Å². The molecule has 0 atom stereocenters. The Morgan fingerprint density at radius 1 is 0.875 bits per heavy atom. The van der Waals surface area contributed by atoms with E-state index in [0.717, 1.165) is 0 Å². The lowest BCUT2D eigenvalue weighted by Crippen LogP contribution is -2.24. The Balaban J connectivity index is 2.19. The molecule has 130 valence electrons. The molecule has 2 N–H and O–H groups in total. The molecule has 2 aromatic carbocycles. The van der Waals surface area contributed by atoms with Gasteiger partial charge in [-0.15, -0.1) is 0 Å². The van der Waals surface area contributed by atoms with Gasteiger partial charge in [0, 0.05) is 12.1 Å². The van der Waals surface area contributed by atoms with Crippen molar-refractivity contribution in [3.8, 4) is 5.75 Å². The number of rotatable bonds is 7. The molecule has 0 aromatic heterocycles. The summed E-state index contributed by atoms with van der Waals surface area (Å²) >= 11 is 0. The number of hydrogen-bond acceptors (Lipinski definition) is 5. The van der Waals surface area contributed by atoms with E-state index in [0.29, 0.717) is 11.3 Å². The van der Waals surface area contributed by atoms with Gasteiger partial charge in [0.2, 0.25) is 20.0 Å². The Morgan fingerprint density at radius 3 is 1.96 bits per heavy atom. The quantitative estimate of drug-likeness (QED) is 0.759. The number of methoxy groups -OCH3 is 1. The summed E-state index contributed by atoms with van der Waals surface area (Å²) in [5.41, 5.74) is 0.693. The van der Waals surface area contributed by atoms with Crippen LogP contribution in [0, 0.1) is 0 Å². The topological polar surface area (TPSA) is 102 Å². The minimum Gasteiger partial charge on any atom is -0.496 e. The molecule has 0 bridgehead atoms. The monoisotopic (exact) mass is 370 g/mol. The highest BCUT2D eigenvalue weighted by atomic mass is 32.2. The van der Waals surface area contributed by atoms with Gasteiger partial charge >= 0.3 is 0 Å². The standard InChI is InChI=1S/C15H18N2O5S2/c1-16-23(18,19)13-7-9-14(10-8-13)24(20,21)17-11-12-5-3-4-6-15(12)22-2/h3-10,16-17H,11H2,1-2H3. The van der Waals surface area contributed by atoms with Crippen molar-refractivity contribution in [1.82, 2.24) is 9.44 Å². The molecular weight excluding hydrogens is 352 g/mol. The van der Waals surface area contributed by atoms with Crippen LogP contribution in [0.3, 0.4) is 0 Å². The van der Waals surface area contributed by atoms with Gasteiger partial charge in [-0.25, -0.2) is 26.3 Å². The van der Waals surface area contributed by atoms with Crippen LogP contribution in [0.1, 0.15) is 5.56 Å². The Labute approximate surface area is 141 Å². The van der Waals surface area contributed by atoms with Crippen LogP contribution in [0.25, 0.3) is 0 Å². The molecule has 0 saturated heterocycles. The van der Waals surface area contributed by atoms with E-state index in [1.807, 2.05) is 0 Å². The zero-order valence-corrected chi connectivity index (χ0v) is 14.8. The first-order valence-electron chi connectivity index (χ1n) is 6.95. The largest absolute Gasteiger partial charge is 0.496 e. The molecular formula is C15H18N2O5S2. The maximum Gasteiger partial charge on any atom is 0.240 e. The van der Waals surface area contributed by atoms with Gasteiger partial charge in [-0.05, 0) is 37.4 Å². The third-order valence-electron chi connectivity index (χ3n) is 3.36. The van der Waals surface area contributed by atoms with Crippen molar-refractivity contribution < 1.29 is 21.6 Å². The fourth-order valence-electron chi connectivity index (χ4n) is 2.02. The maximum atomic E-state index is 12.3. The number of nitrogens with one attached hydrogen (secondary N) is 2. The lowest BCUT2D eigenvalue weighted by atomic mass is 10.2. The van der Waals surface area contributed by atoms with Crippen LogP contribution < -0.4 is 14.2 Å². The van der Waals surface area contributed by atoms with E-state index in [2.05, 4.69) is 9.44 Å². The molecule has 0 saturated carbocycles. The summed E-state index contributed by atoms with van der Waals surface area (Å²) in [4.78, 5) is -0.0267. The smallest absolute Gasteiger partial charge is 0.240 e. The van der Waals surface area contributed by atoms with Crippen LogP contribution in [-0.4, -0.2) is 31.0 Å². The molecule has 0 fully saturated rings. The molecule has 0 unspecified atom stereocenters. The van der Waals surface area contributed by atoms with Crippen LogP contribution in [0.2, 0.25) is 0 Å². The molecule has 0 amide bonds. The van der Waals surface area contributed by atoms with Crippen molar-refractivity contribution in [2.24, 2.45) is 0 Å². The highest BCUT2D eigenvalue weighted by molar-refractivity contribution is 7.90. The summed E-state index contributed by atoms with van der Waals surface area (Å²) in [7, 11) is -4.59. The molecule has 0 spiro atoms. The summed E-state index contributed by atoms with van der Waals surface area (Å²) in [6.45, 7) is 0.0584. The highest BCUT2D eigenvalue weighted by Crippen LogP contribution is 2.19. The minimum absolute atomic E-state index is 0.00585. The molecule has 7 nitrogen and oxygen atoms in total. The second kappa shape index (κ2) is 7.31. The van der Waals surface area contributed by atoms with Gasteiger partial charge < -0.3 is 4.74 Å². The first-order valence-corrected chi connectivity index (χ1v) is 9.92. The molecule has 24 heavy (non-hydrogen) atoms. The average Bonchev–Trinajstić information content (AvgIpc) is 2.60. The Morgan fingerprint density at radius 2 is 1.42 bits per heavy atom. The summed E-state index contributed by atoms with van der Waals surface area (Å²) in [6, 6.07) is 12.0. The van der Waals surface area contributed by atoms with Gasteiger partial charge in [0.05, 0.1) is 16.9 Å². The third-order valence-corrected chi connectivity index (χ3v) is 6.21. The highest BCUT2D eigenvalue weighted by Gasteiger charge is 2.17. The number of ether oxygens (including phenoxy) is 1. The molecule has 0 aliphatic rings. The van der Waals surface area contributed by atoms with Crippen molar-refractivity contribution in [1.29, 1.82) is 0 Å². The molecule has 0 radical (unpaired) electrons. The van der Waals surface area contributed by atoms with Gasteiger partial charge in [0.25, 0.3) is 0 Å². The van der Waals surface area contributed by atoms with Crippen molar-refractivity contribution in [2.45, 2.75) is 16.3 Å². The normalized spacial score (nSPS) is 12.1. The maximum absolute atomic E-state index is 12.3. The first kappa shape index (κ1) is 18.4. The van der Waals surface area contributed by atoms with Crippen LogP contribution in [0.15, 0.2) is 58.3 Å². The van der Waals surface area contributed by atoms with E-state index in [4.69, 9.17) is 4.74 Å². The number of benzene rings is 2. The Kier molecular flexibility index (Phi) is 5.60. The average molecular weight is 370 g/mol. The van der Waals surface area contributed by atoms with Crippen molar-refractivity contribution >= 4 is 20.0 Å². The van der Waals surface area contributed by atoms with Crippen LogP contribution in [0.5, 0.6) is 5.75 Å². The second-order valence-corrected chi connectivity index (χ2v) is 8.47. The molecule has 0 aliphatic heterocycles. The zero-order chi connectivity index (χ0) is 17.8. The summed E-state index contributed by atoms with van der Waals surface area (Å²) < 4.78 is 57.8. The summed E-state index contributed by atoms with van der Waals surface area (Å²) in [6.07, 6.45) is 0. The van der Waals surface area contributed by atoms with E-state index < -0.39 is 20.0 Å². The minimum atomic E-state index is -3.77. The lowest BCUT2D eigenvalue weighted by molar-refractivity contribution is 0.409. The number of para-hydroxylation sites is 1. The molecule has 0 aliphatic carbocycles. The van der Waals surface area contributed by atoms with Crippen molar-refractivity contribution in [3.63, 3.8) is 0 Å². The Hall–Kier alpha value is -1.94. The molecule has 2 rings (SSSR count). The predicted octanol–water partition coefficient (Wildman–Crippen LogP) is 1.08. The van der Waals surface area contributed by atoms with Crippen LogP contribution >= 0.6 is 0 Å². The van der Waals surface area contributed by atoms with E-state index in [1.54, 1.807) is 24.3 Å². The van der Waals surface area contributed by atoms with E-state index in [1.165, 1.54) is 38.4 Å². The zero-order valence-electron chi connectivity index (χ0n) is 13.2. The van der Waals surface area contributed by atoms with Crippen LogP contribution in [0.4, 0.5) is 0 Å². The van der Waals surface area contributed by atoms with Gasteiger partial charge in [-0.2, -0.15) is 0 Å². The number of hydrogen-bond donors (Lipinski definition) is 2. The summed E-state index contributed by atoms with van der Waals surface area (Å²) in [5, 5.41) is 0. The summed E-state index contributed by atoms with van der Waals surface area (Å²) in [5.74, 6) is 0.579. The SMILES string of the molecule is CNS(=O)(=O)c1ccc(S(=O)(=O)NCc2ccccc2OC)cc1. The van der Waals surface area contributed by atoms with Gasteiger partial charge in [-0.3, -0.25) is 0 Å². The molecule has 0 heterocycles. The fourth-order valence-corrected chi connectivity index (χ4v) is 3.76. The number of sulfonamides is 2. The third kappa shape index (κ3) is 4.12. The second-order valence-electron chi connectivity index (χ2n) is 4.82.